The number of aryl methyl sites for hydroxylation is 1. The third kappa shape index (κ3) is 1.91. The minimum Gasteiger partial charge on any atom is -0.371 e. The van der Waals surface area contributed by atoms with Gasteiger partial charge in [-0.05, 0) is 39.2 Å². The van der Waals surface area contributed by atoms with E-state index in [0.29, 0.717) is 6.04 Å². The van der Waals surface area contributed by atoms with Crippen LogP contribution >= 0.6 is 11.3 Å². The molecule has 1 aromatic rings. The highest BCUT2D eigenvalue weighted by Gasteiger charge is 2.40. The number of thiazole rings is 1. The Balaban J connectivity index is 1.96. The van der Waals surface area contributed by atoms with Crippen LogP contribution in [0.15, 0.2) is 0 Å². The van der Waals surface area contributed by atoms with Gasteiger partial charge >= 0.3 is 0 Å². The maximum atomic E-state index is 5.86. The predicted octanol–water partition coefficient (Wildman–Crippen LogP) is 3.16. The lowest BCUT2D eigenvalue weighted by Gasteiger charge is -2.24. The summed E-state index contributed by atoms with van der Waals surface area (Å²) in [5.74, 6) is 0. The van der Waals surface area contributed by atoms with Gasteiger partial charge in [-0.15, -0.1) is 11.3 Å². The van der Waals surface area contributed by atoms with Gasteiger partial charge in [-0.25, -0.2) is 4.98 Å². The molecule has 0 aliphatic heterocycles. The molecule has 0 saturated heterocycles. The van der Waals surface area contributed by atoms with Gasteiger partial charge in [0, 0.05) is 18.0 Å². The van der Waals surface area contributed by atoms with Crippen LogP contribution in [0.3, 0.4) is 0 Å². The zero-order valence-corrected chi connectivity index (χ0v) is 12.1. The summed E-state index contributed by atoms with van der Waals surface area (Å²) in [6.45, 7) is 0. The van der Waals surface area contributed by atoms with Gasteiger partial charge in [0.2, 0.25) is 0 Å². The highest BCUT2D eigenvalue weighted by Crippen LogP contribution is 2.46. The van der Waals surface area contributed by atoms with Crippen molar-refractivity contribution >= 4 is 11.3 Å². The van der Waals surface area contributed by atoms with Gasteiger partial charge in [0.25, 0.3) is 0 Å². The first-order chi connectivity index (χ1) is 8.79. The molecule has 1 heterocycles. The van der Waals surface area contributed by atoms with Crippen molar-refractivity contribution in [3.05, 3.63) is 15.6 Å². The average Bonchev–Trinajstić information content (AvgIpc) is 3.04. The molecule has 1 fully saturated rings. The fourth-order valence-corrected chi connectivity index (χ4v) is 4.82. The molecule has 4 heteroatoms. The number of nitrogens with zero attached hydrogens (tertiary/aromatic N) is 1. The first-order valence-electron chi connectivity index (χ1n) is 7.01. The van der Waals surface area contributed by atoms with Crippen molar-refractivity contribution < 1.29 is 4.74 Å². The fourth-order valence-electron chi connectivity index (χ4n) is 3.34. The van der Waals surface area contributed by atoms with E-state index in [1.165, 1.54) is 41.3 Å². The van der Waals surface area contributed by atoms with Crippen molar-refractivity contribution in [1.29, 1.82) is 0 Å². The summed E-state index contributed by atoms with van der Waals surface area (Å²) >= 11 is 1.89. The Kier molecular flexibility index (Phi) is 3.43. The summed E-state index contributed by atoms with van der Waals surface area (Å²) in [5, 5.41) is 4.66. The third-order valence-corrected chi connectivity index (χ3v) is 5.89. The molecular formula is C14H22N2OS. The Bertz CT molecular complexity index is 423. The summed E-state index contributed by atoms with van der Waals surface area (Å²) in [6.07, 6.45) is 8.46. The van der Waals surface area contributed by atoms with Gasteiger partial charge in [-0.3, -0.25) is 0 Å². The number of ether oxygens (including phenoxy) is 1. The molecule has 2 aliphatic rings. The molecule has 3 rings (SSSR count). The smallest absolute Gasteiger partial charge is 0.125 e. The molecule has 0 aromatic carbocycles. The van der Waals surface area contributed by atoms with Crippen LogP contribution in [0.25, 0.3) is 0 Å². The first kappa shape index (κ1) is 12.6. The summed E-state index contributed by atoms with van der Waals surface area (Å²) in [5.41, 5.74) is 1.25. The molecule has 0 spiro atoms. The van der Waals surface area contributed by atoms with Crippen LogP contribution in [0.2, 0.25) is 0 Å². The van der Waals surface area contributed by atoms with Crippen LogP contribution < -0.4 is 5.32 Å². The molecular weight excluding hydrogens is 244 g/mol. The number of fused-ring (bicyclic) bond motifs is 1. The molecule has 1 unspecified atom stereocenters. The van der Waals surface area contributed by atoms with E-state index in [2.05, 4.69) is 12.4 Å². The number of aromatic nitrogens is 1. The topological polar surface area (TPSA) is 34.2 Å². The Morgan fingerprint density at radius 2 is 2.11 bits per heavy atom. The SMILES string of the molecule is CNC1CCCc2nc(C3(OC)CCCC3)sc21. The monoisotopic (exact) mass is 266 g/mol. The van der Waals surface area contributed by atoms with Crippen LogP contribution in [-0.4, -0.2) is 19.1 Å². The number of rotatable bonds is 3. The Hall–Kier alpha value is -0.450. The van der Waals surface area contributed by atoms with Gasteiger partial charge in [-0.2, -0.15) is 0 Å². The van der Waals surface area contributed by atoms with E-state index in [4.69, 9.17) is 9.72 Å². The second-order valence-electron chi connectivity index (χ2n) is 5.47. The maximum Gasteiger partial charge on any atom is 0.125 e. The molecule has 1 atom stereocenters. The van der Waals surface area contributed by atoms with Crippen LogP contribution in [0.1, 0.15) is 60.1 Å². The minimum absolute atomic E-state index is 0.0691. The lowest BCUT2D eigenvalue weighted by molar-refractivity contribution is -0.00896. The van der Waals surface area contributed by atoms with E-state index in [-0.39, 0.29) is 5.60 Å². The van der Waals surface area contributed by atoms with Crippen molar-refractivity contribution in [2.24, 2.45) is 0 Å². The molecule has 100 valence electrons. The molecule has 3 nitrogen and oxygen atoms in total. The quantitative estimate of drug-likeness (QED) is 0.912. The van der Waals surface area contributed by atoms with Crippen LogP contribution in [0.5, 0.6) is 0 Å². The van der Waals surface area contributed by atoms with E-state index in [1.54, 1.807) is 0 Å². The van der Waals surface area contributed by atoms with Crippen LogP contribution in [0.4, 0.5) is 0 Å². The molecule has 0 bridgehead atoms. The first-order valence-corrected chi connectivity index (χ1v) is 7.83. The zero-order chi connectivity index (χ0) is 12.6. The van der Waals surface area contributed by atoms with Crippen molar-refractivity contribution in [2.45, 2.75) is 56.6 Å². The Morgan fingerprint density at radius 1 is 1.33 bits per heavy atom. The fraction of sp³-hybridized carbons (Fsp3) is 0.786. The molecule has 2 aliphatic carbocycles. The molecule has 1 N–H and O–H groups in total. The number of methoxy groups -OCH3 is 1. The van der Waals surface area contributed by atoms with E-state index < -0.39 is 0 Å². The second kappa shape index (κ2) is 4.91. The van der Waals surface area contributed by atoms with Gasteiger partial charge in [0.15, 0.2) is 0 Å². The molecule has 1 aromatic heterocycles. The molecule has 0 radical (unpaired) electrons. The highest BCUT2D eigenvalue weighted by atomic mass is 32.1. The second-order valence-corrected chi connectivity index (χ2v) is 6.50. The van der Waals surface area contributed by atoms with Crippen LogP contribution in [0, 0.1) is 0 Å². The maximum absolute atomic E-state index is 5.86. The third-order valence-electron chi connectivity index (χ3n) is 4.49. The van der Waals surface area contributed by atoms with E-state index in [9.17, 15) is 0 Å². The molecule has 0 amide bonds. The van der Waals surface area contributed by atoms with Gasteiger partial charge in [0.05, 0.1) is 5.69 Å². The summed E-state index contributed by atoms with van der Waals surface area (Å²) in [4.78, 5) is 6.39. The highest BCUT2D eigenvalue weighted by molar-refractivity contribution is 7.12. The summed E-state index contributed by atoms with van der Waals surface area (Å²) in [7, 11) is 3.90. The minimum atomic E-state index is -0.0691. The molecule has 1 saturated carbocycles. The lowest BCUT2D eigenvalue weighted by Crippen LogP contribution is -2.24. The number of hydrogen-bond donors (Lipinski definition) is 1. The van der Waals surface area contributed by atoms with Crippen molar-refractivity contribution in [2.75, 3.05) is 14.2 Å². The Labute approximate surface area is 113 Å². The van der Waals surface area contributed by atoms with Crippen LogP contribution in [-0.2, 0) is 16.8 Å². The van der Waals surface area contributed by atoms with Gasteiger partial charge in [-0.1, -0.05) is 12.8 Å². The van der Waals surface area contributed by atoms with Gasteiger partial charge in [0.1, 0.15) is 10.6 Å². The van der Waals surface area contributed by atoms with E-state index >= 15 is 0 Å². The van der Waals surface area contributed by atoms with Gasteiger partial charge < -0.3 is 10.1 Å². The summed E-state index contributed by atoms with van der Waals surface area (Å²) < 4.78 is 5.86. The Morgan fingerprint density at radius 3 is 2.78 bits per heavy atom. The van der Waals surface area contributed by atoms with E-state index in [0.717, 1.165) is 19.3 Å². The van der Waals surface area contributed by atoms with Crippen molar-refractivity contribution in [3.8, 4) is 0 Å². The van der Waals surface area contributed by atoms with Crippen molar-refractivity contribution in [3.63, 3.8) is 0 Å². The van der Waals surface area contributed by atoms with Crippen molar-refractivity contribution in [1.82, 2.24) is 10.3 Å². The summed E-state index contributed by atoms with van der Waals surface area (Å²) in [6, 6.07) is 0.510. The average molecular weight is 266 g/mol. The normalized spacial score (nSPS) is 26.2. The zero-order valence-electron chi connectivity index (χ0n) is 11.3. The standard InChI is InChI=1S/C14H22N2OS/c1-15-10-6-5-7-11-12(10)18-13(16-11)14(17-2)8-3-4-9-14/h10,15H,3-9H2,1-2H3. The largest absolute Gasteiger partial charge is 0.371 e. The molecule has 18 heavy (non-hydrogen) atoms. The number of hydrogen-bond acceptors (Lipinski definition) is 4. The predicted molar refractivity (Wildman–Crippen MR) is 74.0 cm³/mol. The van der Waals surface area contributed by atoms with E-state index in [1.807, 2.05) is 18.4 Å². The number of nitrogens with one attached hydrogen (secondary N) is 1. The lowest BCUT2D eigenvalue weighted by atomic mass is 9.98.